The van der Waals surface area contributed by atoms with Crippen molar-refractivity contribution in [3.63, 3.8) is 0 Å². The van der Waals surface area contributed by atoms with Crippen LogP contribution >= 0.6 is 11.6 Å². The molecule has 0 spiro atoms. The quantitative estimate of drug-likeness (QED) is 0.903. The molecule has 0 unspecified atom stereocenters. The summed E-state index contributed by atoms with van der Waals surface area (Å²) in [4.78, 5) is 14.7. The van der Waals surface area contributed by atoms with Gasteiger partial charge in [0, 0.05) is 31.2 Å². The smallest absolute Gasteiger partial charge is 0.257 e. The molecule has 1 aromatic carbocycles. The van der Waals surface area contributed by atoms with E-state index >= 15 is 0 Å². The van der Waals surface area contributed by atoms with Gasteiger partial charge in [0.25, 0.3) is 5.91 Å². The van der Waals surface area contributed by atoms with E-state index in [1.54, 1.807) is 6.07 Å². The molecule has 0 atom stereocenters. The second-order valence-electron chi connectivity index (χ2n) is 5.92. The number of nitrogens with one attached hydrogen (secondary N) is 1. The first-order chi connectivity index (χ1) is 10.5. The number of benzene rings is 1. The zero-order chi connectivity index (χ0) is 16.1. The Kier molecular flexibility index (Phi) is 6.09. The molecule has 0 aromatic heterocycles. The number of hydrogen-bond donors (Lipinski definition) is 1. The maximum absolute atomic E-state index is 12.9. The summed E-state index contributed by atoms with van der Waals surface area (Å²) in [6, 6.07) is 3.65. The van der Waals surface area contributed by atoms with Crippen LogP contribution in [0.5, 0.6) is 5.75 Å². The third-order valence-electron chi connectivity index (χ3n) is 3.79. The Morgan fingerprint density at radius 2 is 2.05 bits per heavy atom. The molecule has 4 nitrogen and oxygen atoms in total. The number of carbonyl (C=O) groups is 1. The van der Waals surface area contributed by atoms with Crippen molar-refractivity contribution in [3.8, 4) is 5.75 Å². The maximum Gasteiger partial charge on any atom is 0.257 e. The highest BCUT2D eigenvalue weighted by Gasteiger charge is 2.24. The van der Waals surface area contributed by atoms with Crippen molar-refractivity contribution in [3.05, 3.63) is 28.3 Å². The van der Waals surface area contributed by atoms with Crippen LogP contribution in [-0.4, -0.2) is 43.6 Å². The number of nitrogens with zero attached hydrogens (tertiary/aromatic N) is 1. The zero-order valence-corrected chi connectivity index (χ0v) is 14.4. The average molecular weight is 325 g/mol. The number of hydrogen-bond acceptors (Lipinski definition) is 3. The molecule has 1 fully saturated rings. The van der Waals surface area contributed by atoms with Crippen molar-refractivity contribution >= 4 is 17.5 Å². The lowest BCUT2D eigenvalue weighted by atomic mass is 9.98. The lowest BCUT2D eigenvalue weighted by molar-refractivity contribution is 0.0731. The second-order valence-corrected chi connectivity index (χ2v) is 6.35. The van der Waals surface area contributed by atoms with Crippen LogP contribution in [0, 0.1) is 0 Å². The number of carbonyl (C=O) groups excluding carboxylic acids is 1. The van der Waals surface area contributed by atoms with Crippen LogP contribution in [0.1, 0.15) is 49.0 Å². The molecule has 22 heavy (non-hydrogen) atoms. The first-order valence-corrected chi connectivity index (χ1v) is 8.38. The van der Waals surface area contributed by atoms with Crippen molar-refractivity contribution in [2.24, 2.45) is 0 Å². The molecule has 122 valence electrons. The molecule has 1 N–H and O–H groups in total. The Bertz CT molecular complexity index is 526. The molecule has 1 aliphatic rings. The van der Waals surface area contributed by atoms with Gasteiger partial charge in [0.2, 0.25) is 0 Å². The molecule has 1 saturated heterocycles. The SMILES string of the molecule is CCCOc1c(C(=O)N2CCNCC2)cc(Cl)cc1C(C)C. The number of rotatable bonds is 5. The standard InChI is InChI=1S/C17H25ClN2O2/c1-4-9-22-16-14(12(2)3)10-13(18)11-15(16)17(21)20-7-5-19-6-8-20/h10-12,19H,4-9H2,1-3H3. The molecule has 1 heterocycles. The topological polar surface area (TPSA) is 41.6 Å². The summed E-state index contributed by atoms with van der Waals surface area (Å²) >= 11 is 6.24. The maximum atomic E-state index is 12.9. The Balaban J connectivity index is 2.40. The van der Waals surface area contributed by atoms with Crippen molar-refractivity contribution in [2.75, 3.05) is 32.8 Å². The molecule has 0 radical (unpaired) electrons. The van der Waals surface area contributed by atoms with Crippen molar-refractivity contribution in [1.82, 2.24) is 10.2 Å². The fourth-order valence-corrected chi connectivity index (χ4v) is 2.83. The van der Waals surface area contributed by atoms with Crippen molar-refractivity contribution in [1.29, 1.82) is 0 Å². The lowest BCUT2D eigenvalue weighted by Crippen LogP contribution is -2.46. The Morgan fingerprint density at radius 1 is 1.36 bits per heavy atom. The molecule has 1 amide bonds. The molecule has 2 rings (SSSR count). The summed E-state index contributed by atoms with van der Waals surface area (Å²) in [7, 11) is 0. The molecule has 5 heteroatoms. The minimum atomic E-state index is 0.0111. The summed E-state index contributed by atoms with van der Waals surface area (Å²) in [6.45, 7) is 9.92. The largest absolute Gasteiger partial charge is 0.492 e. The predicted molar refractivity (Wildman–Crippen MR) is 90.1 cm³/mol. The molecule has 1 aliphatic heterocycles. The van der Waals surface area contributed by atoms with Gasteiger partial charge in [-0.2, -0.15) is 0 Å². The normalized spacial score (nSPS) is 15.2. The van der Waals surface area contributed by atoms with Crippen molar-refractivity contribution < 1.29 is 9.53 Å². The fraction of sp³-hybridized carbons (Fsp3) is 0.588. The monoisotopic (exact) mass is 324 g/mol. The van der Waals surface area contributed by atoms with E-state index in [0.29, 0.717) is 22.9 Å². The molecular weight excluding hydrogens is 300 g/mol. The Labute approximate surface area is 137 Å². The van der Waals surface area contributed by atoms with Crippen LogP contribution < -0.4 is 10.1 Å². The van der Waals surface area contributed by atoms with Gasteiger partial charge in [-0.1, -0.05) is 32.4 Å². The van der Waals surface area contributed by atoms with E-state index in [0.717, 1.165) is 38.2 Å². The highest BCUT2D eigenvalue weighted by Crippen LogP contribution is 2.34. The van der Waals surface area contributed by atoms with Gasteiger partial charge >= 0.3 is 0 Å². The minimum Gasteiger partial charge on any atom is -0.492 e. The van der Waals surface area contributed by atoms with E-state index in [2.05, 4.69) is 26.1 Å². The van der Waals surface area contributed by atoms with E-state index < -0.39 is 0 Å². The summed E-state index contributed by atoms with van der Waals surface area (Å²) in [5.74, 6) is 0.960. The Hall–Kier alpha value is -1.26. The molecular formula is C17H25ClN2O2. The van der Waals surface area contributed by atoms with Gasteiger partial charge in [-0.15, -0.1) is 0 Å². The minimum absolute atomic E-state index is 0.0111. The molecule has 1 aromatic rings. The van der Waals surface area contributed by atoms with Crippen LogP contribution in [0.2, 0.25) is 5.02 Å². The number of amides is 1. The van der Waals surface area contributed by atoms with Gasteiger partial charge in [-0.05, 0) is 30.0 Å². The van der Waals surface area contributed by atoms with E-state index in [1.165, 1.54) is 0 Å². The Morgan fingerprint density at radius 3 is 2.64 bits per heavy atom. The highest BCUT2D eigenvalue weighted by atomic mass is 35.5. The van der Waals surface area contributed by atoms with Crippen LogP contribution in [-0.2, 0) is 0 Å². The summed E-state index contributed by atoms with van der Waals surface area (Å²) < 4.78 is 5.92. The number of ether oxygens (including phenoxy) is 1. The second kappa shape index (κ2) is 7.84. The number of halogens is 1. The van der Waals surface area contributed by atoms with Crippen molar-refractivity contribution in [2.45, 2.75) is 33.1 Å². The third-order valence-corrected chi connectivity index (χ3v) is 4.01. The highest BCUT2D eigenvalue weighted by molar-refractivity contribution is 6.31. The van der Waals surface area contributed by atoms with E-state index in [9.17, 15) is 4.79 Å². The van der Waals surface area contributed by atoms with Gasteiger partial charge in [0.1, 0.15) is 5.75 Å². The van der Waals surface area contributed by atoms with Gasteiger partial charge in [-0.25, -0.2) is 0 Å². The summed E-state index contributed by atoms with van der Waals surface area (Å²) in [5, 5.41) is 3.85. The summed E-state index contributed by atoms with van der Waals surface area (Å²) in [5.41, 5.74) is 1.59. The van der Waals surface area contributed by atoms with Gasteiger partial charge in [0.15, 0.2) is 0 Å². The van der Waals surface area contributed by atoms with Gasteiger partial charge in [-0.3, -0.25) is 4.79 Å². The first kappa shape index (κ1) is 17.1. The molecule has 0 saturated carbocycles. The zero-order valence-electron chi connectivity index (χ0n) is 13.6. The van der Waals surface area contributed by atoms with Crippen LogP contribution in [0.4, 0.5) is 0 Å². The van der Waals surface area contributed by atoms with Gasteiger partial charge in [0.05, 0.1) is 12.2 Å². The van der Waals surface area contributed by atoms with Crippen LogP contribution in [0.3, 0.4) is 0 Å². The number of piperazine rings is 1. The van der Waals surface area contributed by atoms with E-state index in [1.807, 2.05) is 11.0 Å². The van der Waals surface area contributed by atoms with Crippen LogP contribution in [0.15, 0.2) is 12.1 Å². The molecule has 0 aliphatic carbocycles. The predicted octanol–water partition coefficient (Wildman–Crippen LogP) is 3.30. The fourth-order valence-electron chi connectivity index (χ4n) is 2.61. The van der Waals surface area contributed by atoms with E-state index in [-0.39, 0.29) is 11.8 Å². The molecule has 0 bridgehead atoms. The van der Waals surface area contributed by atoms with Crippen LogP contribution in [0.25, 0.3) is 0 Å². The van der Waals surface area contributed by atoms with Gasteiger partial charge < -0.3 is 15.0 Å². The first-order valence-electron chi connectivity index (χ1n) is 8.00. The van der Waals surface area contributed by atoms with E-state index in [4.69, 9.17) is 16.3 Å². The summed E-state index contributed by atoms with van der Waals surface area (Å²) in [6.07, 6.45) is 0.904. The third kappa shape index (κ3) is 3.93. The lowest BCUT2D eigenvalue weighted by Gasteiger charge is -2.29. The average Bonchev–Trinajstić information content (AvgIpc) is 2.53.